The Kier molecular flexibility index (Phi) is 7.73. The molecule has 0 radical (unpaired) electrons. The lowest BCUT2D eigenvalue weighted by atomic mass is 10.0. The molecule has 0 spiro atoms. The molecular formula is C20H33BrO2Si. The fraction of sp³-hybridized carbons (Fsp3) is 0.650. The summed E-state index contributed by atoms with van der Waals surface area (Å²) in [6.07, 6.45) is 0.792. The van der Waals surface area contributed by atoms with Crippen LogP contribution in [0.1, 0.15) is 70.8 Å². The molecule has 136 valence electrons. The molecule has 0 aliphatic heterocycles. The Balaban J connectivity index is 3.21. The fourth-order valence-electron chi connectivity index (χ4n) is 3.83. The Morgan fingerprint density at radius 1 is 1.08 bits per heavy atom. The standard InChI is InChI=1S/C20H33BrO2Si/c1-9-18(21)20(22)17-10-11-19(16(8)12-17)23-24(13(2)3,14(4)5)15(6)7/h10-15,18H,9H2,1-8H3. The highest BCUT2D eigenvalue weighted by atomic mass is 79.9. The number of Topliss-reactive ketones (excluding diaryl/α,β-unsaturated/α-hetero) is 1. The van der Waals surface area contributed by atoms with E-state index in [-0.39, 0.29) is 10.6 Å². The fourth-order valence-corrected chi connectivity index (χ4v) is 9.41. The lowest BCUT2D eigenvalue weighted by Crippen LogP contribution is -2.50. The minimum atomic E-state index is -1.97. The number of rotatable bonds is 8. The molecule has 4 heteroatoms. The number of benzene rings is 1. The van der Waals surface area contributed by atoms with Gasteiger partial charge in [-0.05, 0) is 53.7 Å². The normalized spacial score (nSPS) is 13.7. The molecule has 1 aromatic carbocycles. The van der Waals surface area contributed by atoms with E-state index in [0.29, 0.717) is 16.6 Å². The van der Waals surface area contributed by atoms with Crippen molar-refractivity contribution in [1.29, 1.82) is 0 Å². The van der Waals surface area contributed by atoms with Crippen molar-refractivity contribution in [1.82, 2.24) is 0 Å². The minimum Gasteiger partial charge on any atom is -0.543 e. The van der Waals surface area contributed by atoms with Gasteiger partial charge in [-0.15, -0.1) is 0 Å². The molecule has 0 N–H and O–H groups in total. The van der Waals surface area contributed by atoms with Gasteiger partial charge >= 0.3 is 0 Å². The minimum absolute atomic E-state index is 0.112. The quantitative estimate of drug-likeness (QED) is 0.263. The third-order valence-corrected chi connectivity index (χ3v) is 12.1. The first-order valence-electron chi connectivity index (χ1n) is 9.05. The van der Waals surface area contributed by atoms with Crippen molar-refractivity contribution >= 4 is 30.0 Å². The molecule has 24 heavy (non-hydrogen) atoms. The molecule has 1 rings (SSSR count). The van der Waals surface area contributed by atoms with Crippen molar-refractivity contribution in [2.45, 2.75) is 83.3 Å². The molecule has 1 atom stereocenters. The van der Waals surface area contributed by atoms with Gasteiger partial charge in [0.25, 0.3) is 8.32 Å². The maximum atomic E-state index is 12.4. The van der Waals surface area contributed by atoms with E-state index in [0.717, 1.165) is 23.3 Å². The Hall–Kier alpha value is -0.613. The van der Waals surface area contributed by atoms with Gasteiger partial charge in [-0.1, -0.05) is 64.4 Å². The average molecular weight is 413 g/mol. The topological polar surface area (TPSA) is 26.3 Å². The van der Waals surface area contributed by atoms with Gasteiger partial charge in [0.1, 0.15) is 5.75 Å². The molecule has 0 heterocycles. The largest absolute Gasteiger partial charge is 0.543 e. The van der Waals surface area contributed by atoms with Crippen LogP contribution in [-0.2, 0) is 0 Å². The number of hydrogen-bond donors (Lipinski definition) is 0. The predicted molar refractivity (Wildman–Crippen MR) is 110 cm³/mol. The van der Waals surface area contributed by atoms with Crippen LogP contribution in [0.25, 0.3) is 0 Å². The number of halogens is 1. The molecule has 0 fully saturated rings. The van der Waals surface area contributed by atoms with Crippen molar-refractivity contribution in [2.75, 3.05) is 0 Å². The monoisotopic (exact) mass is 412 g/mol. The Bertz CT molecular complexity index is 545. The summed E-state index contributed by atoms with van der Waals surface area (Å²) in [5.74, 6) is 1.09. The molecule has 0 bridgehead atoms. The molecule has 0 saturated heterocycles. The van der Waals surface area contributed by atoms with Crippen LogP contribution in [0.5, 0.6) is 5.75 Å². The summed E-state index contributed by atoms with van der Waals surface area (Å²) >= 11 is 3.45. The van der Waals surface area contributed by atoms with E-state index < -0.39 is 8.32 Å². The Morgan fingerprint density at radius 2 is 1.58 bits per heavy atom. The molecule has 0 aromatic heterocycles. The van der Waals surface area contributed by atoms with E-state index in [1.54, 1.807) is 0 Å². The van der Waals surface area contributed by atoms with Gasteiger partial charge < -0.3 is 4.43 Å². The first kappa shape index (κ1) is 21.4. The van der Waals surface area contributed by atoms with Gasteiger partial charge in [-0.2, -0.15) is 0 Å². The highest BCUT2D eigenvalue weighted by molar-refractivity contribution is 9.10. The molecule has 0 aliphatic carbocycles. The van der Waals surface area contributed by atoms with Crippen LogP contribution in [0.4, 0.5) is 0 Å². The molecule has 0 aliphatic rings. The Labute approximate surface area is 157 Å². The number of ketones is 1. The summed E-state index contributed by atoms with van der Waals surface area (Å²) in [7, 11) is -1.97. The van der Waals surface area contributed by atoms with Gasteiger partial charge in [0.2, 0.25) is 0 Å². The number of alkyl halides is 1. The van der Waals surface area contributed by atoms with Crippen molar-refractivity contribution < 1.29 is 9.22 Å². The SMILES string of the molecule is CCC(Br)C(=O)c1ccc(O[Si](C(C)C)(C(C)C)C(C)C)c(C)c1. The maximum absolute atomic E-state index is 12.4. The molecule has 1 aromatic rings. The van der Waals surface area contributed by atoms with Crippen LogP contribution in [0.3, 0.4) is 0 Å². The summed E-state index contributed by atoms with van der Waals surface area (Å²) in [6, 6.07) is 5.88. The smallest absolute Gasteiger partial charge is 0.258 e. The lowest BCUT2D eigenvalue weighted by molar-refractivity contribution is 0.0990. The van der Waals surface area contributed by atoms with Crippen LogP contribution in [0.2, 0.25) is 16.6 Å². The summed E-state index contributed by atoms with van der Waals surface area (Å²) in [6.45, 7) is 17.8. The average Bonchev–Trinajstić information content (AvgIpc) is 2.50. The van der Waals surface area contributed by atoms with E-state index >= 15 is 0 Å². The van der Waals surface area contributed by atoms with E-state index in [9.17, 15) is 4.79 Å². The first-order chi connectivity index (χ1) is 11.1. The van der Waals surface area contributed by atoms with Gasteiger partial charge in [-0.3, -0.25) is 4.79 Å². The highest BCUT2D eigenvalue weighted by Gasteiger charge is 2.47. The number of hydrogen-bond acceptors (Lipinski definition) is 2. The van der Waals surface area contributed by atoms with Gasteiger partial charge in [0, 0.05) is 5.56 Å². The second-order valence-corrected chi connectivity index (χ2v) is 14.1. The molecule has 2 nitrogen and oxygen atoms in total. The number of aryl methyl sites for hydroxylation is 1. The van der Waals surface area contributed by atoms with Gasteiger partial charge in [-0.25, -0.2) is 0 Å². The summed E-state index contributed by atoms with van der Waals surface area (Å²) in [4.78, 5) is 12.3. The number of carbonyl (C=O) groups excluding carboxylic acids is 1. The van der Waals surface area contributed by atoms with Crippen molar-refractivity contribution in [2.24, 2.45) is 0 Å². The van der Waals surface area contributed by atoms with Crippen LogP contribution in [0, 0.1) is 6.92 Å². The van der Waals surface area contributed by atoms with Crippen LogP contribution >= 0.6 is 15.9 Å². The van der Waals surface area contributed by atoms with Crippen LogP contribution in [0.15, 0.2) is 18.2 Å². The van der Waals surface area contributed by atoms with Crippen molar-refractivity contribution in [3.63, 3.8) is 0 Å². The second kappa shape index (κ2) is 8.66. The van der Waals surface area contributed by atoms with Crippen molar-refractivity contribution in [3.05, 3.63) is 29.3 Å². The third-order valence-electron chi connectivity index (χ3n) is 5.10. The highest BCUT2D eigenvalue weighted by Crippen LogP contribution is 2.43. The van der Waals surface area contributed by atoms with Crippen molar-refractivity contribution in [3.8, 4) is 5.75 Å². The molecule has 1 unspecified atom stereocenters. The summed E-state index contributed by atoms with van der Waals surface area (Å²) in [5.41, 5.74) is 3.41. The van der Waals surface area contributed by atoms with E-state index in [2.05, 4.69) is 57.5 Å². The zero-order valence-corrected chi connectivity index (χ0v) is 19.0. The van der Waals surface area contributed by atoms with Crippen LogP contribution < -0.4 is 4.43 Å². The molecular weight excluding hydrogens is 380 g/mol. The molecule has 0 amide bonds. The zero-order valence-electron chi connectivity index (χ0n) is 16.4. The Morgan fingerprint density at radius 3 is 1.96 bits per heavy atom. The summed E-state index contributed by atoms with van der Waals surface area (Å²) in [5, 5.41) is 0. The number of carbonyl (C=O) groups is 1. The zero-order chi connectivity index (χ0) is 18.7. The predicted octanol–water partition coefficient (Wildman–Crippen LogP) is 6.91. The molecule has 0 saturated carbocycles. The maximum Gasteiger partial charge on any atom is 0.258 e. The summed E-state index contributed by atoms with van der Waals surface area (Å²) < 4.78 is 6.75. The van der Waals surface area contributed by atoms with E-state index in [1.807, 2.05) is 32.0 Å². The third kappa shape index (κ3) is 4.32. The second-order valence-electron chi connectivity index (χ2n) is 7.64. The van der Waals surface area contributed by atoms with E-state index in [1.165, 1.54) is 0 Å². The van der Waals surface area contributed by atoms with Gasteiger partial charge in [0.05, 0.1) is 4.83 Å². The first-order valence-corrected chi connectivity index (χ1v) is 12.1. The van der Waals surface area contributed by atoms with Crippen LogP contribution in [-0.4, -0.2) is 18.9 Å². The lowest BCUT2D eigenvalue weighted by Gasteiger charge is -2.42. The van der Waals surface area contributed by atoms with E-state index in [4.69, 9.17) is 4.43 Å². The van der Waals surface area contributed by atoms with Gasteiger partial charge in [0.15, 0.2) is 5.78 Å².